The maximum absolute atomic E-state index is 12.6. The summed E-state index contributed by atoms with van der Waals surface area (Å²) in [5.41, 5.74) is 1.68. The first-order valence-corrected chi connectivity index (χ1v) is 10.4. The Morgan fingerprint density at radius 2 is 2.12 bits per heavy atom. The van der Waals surface area contributed by atoms with Crippen LogP contribution in [0.4, 0.5) is 10.5 Å². The fourth-order valence-corrected chi connectivity index (χ4v) is 3.90. The van der Waals surface area contributed by atoms with Crippen LogP contribution in [0.1, 0.15) is 18.4 Å². The summed E-state index contributed by atoms with van der Waals surface area (Å²) in [4.78, 5) is 14.3. The number of nitrogens with zero attached hydrogens (tertiary/aromatic N) is 3. The molecule has 0 bridgehead atoms. The van der Waals surface area contributed by atoms with E-state index in [4.69, 9.17) is 0 Å². The van der Waals surface area contributed by atoms with Crippen molar-refractivity contribution in [3.05, 3.63) is 48.3 Å². The topological polar surface area (TPSA) is 96.3 Å². The highest BCUT2D eigenvalue weighted by atomic mass is 32.2. The van der Waals surface area contributed by atoms with Gasteiger partial charge in [-0.05, 0) is 30.5 Å². The molecule has 1 aromatic heterocycles. The molecule has 0 spiro atoms. The number of urea groups is 1. The van der Waals surface area contributed by atoms with Crippen LogP contribution in [0.15, 0.2) is 42.7 Å². The molecule has 0 saturated carbocycles. The number of benzene rings is 1. The lowest BCUT2D eigenvalue weighted by molar-refractivity contribution is 0.190. The van der Waals surface area contributed by atoms with Crippen LogP contribution >= 0.6 is 0 Å². The maximum atomic E-state index is 12.6. The third kappa shape index (κ3) is 5.06. The number of anilines is 1. The number of piperidine rings is 1. The normalized spacial score (nSPS) is 17.9. The van der Waals surface area contributed by atoms with Gasteiger partial charge in [0.2, 0.25) is 10.0 Å². The lowest BCUT2D eigenvalue weighted by atomic mass is 10.1. The molecule has 1 aliphatic heterocycles. The van der Waals surface area contributed by atoms with Gasteiger partial charge >= 0.3 is 6.03 Å². The van der Waals surface area contributed by atoms with Crippen molar-refractivity contribution in [3.63, 3.8) is 0 Å². The van der Waals surface area contributed by atoms with Crippen LogP contribution in [0.25, 0.3) is 0 Å². The number of likely N-dealkylation sites (tertiary alicyclic amines) is 1. The summed E-state index contributed by atoms with van der Waals surface area (Å²) in [5.74, 6) is 0. The Morgan fingerprint density at radius 3 is 2.85 bits per heavy atom. The summed E-state index contributed by atoms with van der Waals surface area (Å²) < 4.78 is 27.2. The predicted octanol–water partition coefficient (Wildman–Crippen LogP) is 1.48. The summed E-state index contributed by atoms with van der Waals surface area (Å²) in [5, 5.41) is 7.14. The van der Waals surface area contributed by atoms with Crippen LogP contribution in [-0.4, -0.2) is 54.5 Å². The molecular weight excluding hydrogens is 354 g/mol. The molecule has 2 N–H and O–H groups in total. The summed E-state index contributed by atoms with van der Waals surface area (Å²) >= 11 is 0. The Morgan fingerprint density at radius 1 is 1.31 bits per heavy atom. The first kappa shape index (κ1) is 18.4. The van der Waals surface area contributed by atoms with E-state index in [-0.39, 0.29) is 12.1 Å². The number of carbonyl (C=O) groups is 1. The van der Waals surface area contributed by atoms with Crippen LogP contribution in [0.3, 0.4) is 0 Å². The van der Waals surface area contributed by atoms with Gasteiger partial charge in [-0.2, -0.15) is 5.10 Å². The second-order valence-electron chi connectivity index (χ2n) is 6.47. The SMILES string of the molecule is CS(=O)(=O)N[C@@H]1CCCN(C(=O)Nc2ccccc2Cn2cccn2)C1. The van der Waals surface area contributed by atoms with Crippen molar-refractivity contribution in [1.82, 2.24) is 19.4 Å². The number of hydrogen-bond donors (Lipinski definition) is 2. The predicted molar refractivity (Wildman–Crippen MR) is 99.4 cm³/mol. The van der Waals surface area contributed by atoms with Crippen molar-refractivity contribution in [1.29, 1.82) is 0 Å². The zero-order chi connectivity index (χ0) is 18.6. The van der Waals surface area contributed by atoms with E-state index in [1.54, 1.807) is 15.8 Å². The highest BCUT2D eigenvalue weighted by Crippen LogP contribution is 2.18. The Hall–Kier alpha value is -2.39. The minimum Gasteiger partial charge on any atom is -0.323 e. The van der Waals surface area contributed by atoms with Gasteiger partial charge in [-0.25, -0.2) is 17.9 Å². The molecule has 140 valence electrons. The zero-order valence-electron chi connectivity index (χ0n) is 14.6. The van der Waals surface area contributed by atoms with E-state index in [2.05, 4.69) is 15.1 Å². The van der Waals surface area contributed by atoms with E-state index in [0.717, 1.165) is 30.3 Å². The molecule has 9 heteroatoms. The highest BCUT2D eigenvalue weighted by molar-refractivity contribution is 7.88. The summed E-state index contributed by atoms with van der Waals surface area (Å²) in [6, 6.07) is 8.97. The quantitative estimate of drug-likeness (QED) is 0.825. The molecule has 3 rings (SSSR count). The highest BCUT2D eigenvalue weighted by Gasteiger charge is 2.25. The van der Waals surface area contributed by atoms with Gasteiger partial charge in [-0.15, -0.1) is 0 Å². The molecule has 0 radical (unpaired) electrons. The first-order valence-electron chi connectivity index (χ1n) is 8.49. The van der Waals surface area contributed by atoms with Gasteiger partial charge in [0.05, 0.1) is 12.8 Å². The summed E-state index contributed by atoms with van der Waals surface area (Å²) in [6.07, 6.45) is 6.20. The molecule has 1 aliphatic rings. The van der Waals surface area contributed by atoms with Gasteiger partial charge in [0.25, 0.3) is 0 Å². The molecule has 1 fully saturated rings. The Bertz CT molecular complexity index is 851. The third-order valence-electron chi connectivity index (χ3n) is 4.24. The standard InChI is InChI=1S/C17H23N5O3S/c1-26(24,25)20-15-7-4-10-21(13-15)17(23)19-16-8-3-2-6-14(16)12-22-11-5-9-18-22/h2-3,5-6,8-9,11,15,20H,4,7,10,12-13H2,1H3,(H,19,23)/t15-/m1/s1. The zero-order valence-corrected chi connectivity index (χ0v) is 15.4. The number of carbonyl (C=O) groups excluding carboxylic acids is 1. The van der Waals surface area contributed by atoms with Crippen LogP contribution in [-0.2, 0) is 16.6 Å². The molecule has 8 nitrogen and oxygen atoms in total. The molecule has 1 aromatic carbocycles. The van der Waals surface area contributed by atoms with Gasteiger partial charge < -0.3 is 10.2 Å². The minimum absolute atomic E-state index is 0.224. The van der Waals surface area contributed by atoms with E-state index in [9.17, 15) is 13.2 Å². The van der Waals surface area contributed by atoms with Gasteiger partial charge in [-0.3, -0.25) is 4.68 Å². The second-order valence-corrected chi connectivity index (χ2v) is 8.25. The van der Waals surface area contributed by atoms with E-state index < -0.39 is 10.0 Å². The molecule has 0 aliphatic carbocycles. The molecule has 2 aromatic rings. The molecule has 0 unspecified atom stereocenters. The Kier molecular flexibility index (Phi) is 5.58. The van der Waals surface area contributed by atoms with Gasteiger partial charge in [0.15, 0.2) is 0 Å². The number of aromatic nitrogens is 2. The lowest BCUT2D eigenvalue weighted by Gasteiger charge is -2.32. The maximum Gasteiger partial charge on any atom is 0.321 e. The van der Waals surface area contributed by atoms with Crippen LogP contribution < -0.4 is 10.0 Å². The average Bonchev–Trinajstić information content (AvgIpc) is 3.08. The third-order valence-corrected chi connectivity index (χ3v) is 5.00. The Labute approximate surface area is 153 Å². The average molecular weight is 377 g/mol. The number of nitrogens with one attached hydrogen (secondary N) is 2. The summed E-state index contributed by atoms with van der Waals surface area (Å²) in [6.45, 7) is 1.52. The Balaban J connectivity index is 1.66. The van der Waals surface area contributed by atoms with Crippen molar-refractivity contribution in [3.8, 4) is 0 Å². The fraction of sp³-hybridized carbons (Fsp3) is 0.412. The number of rotatable bonds is 5. The van der Waals surface area contributed by atoms with Crippen molar-refractivity contribution < 1.29 is 13.2 Å². The number of amides is 2. The van der Waals surface area contributed by atoms with Crippen molar-refractivity contribution in [2.75, 3.05) is 24.7 Å². The molecule has 2 amide bonds. The van der Waals surface area contributed by atoms with E-state index in [1.165, 1.54) is 0 Å². The summed E-state index contributed by atoms with van der Waals surface area (Å²) in [7, 11) is -3.29. The molecule has 1 atom stereocenters. The smallest absolute Gasteiger partial charge is 0.321 e. The molecule has 26 heavy (non-hydrogen) atoms. The molecule has 2 heterocycles. The van der Waals surface area contributed by atoms with Crippen LogP contribution in [0, 0.1) is 0 Å². The van der Waals surface area contributed by atoms with E-state index >= 15 is 0 Å². The van der Waals surface area contributed by atoms with Crippen molar-refractivity contribution >= 4 is 21.7 Å². The van der Waals surface area contributed by atoms with Crippen molar-refractivity contribution in [2.24, 2.45) is 0 Å². The van der Waals surface area contributed by atoms with Gasteiger partial charge in [0.1, 0.15) is 0 Å². The molecule has 1 saturated heterocycles. The van der Waals surface area contributed by atoms with E-state index in [0.29, 0.717) is 19.6 Å². The minimum atomic E-state index is -3.29. The number of hydrogen-bond acceptors (Lipinski definition) is 4. The largest absolute Gasteiger partial charge is 0.323 e. The first-order chi connectivity index (χ1) is 12.4. The second kappa shape index (κ2) is 7.88. The molecular formula is C17H23N5O3S. The van der Waals surface area contributed by atoms with Gasteiger partial charge in [0, 0.05) is 37.2 Å². The van der Waals surface area contributed by atoms with Gasteiger partial charge in [-0.1, -0.05) is 18.2 Å². The van der Waals surface area contributed by atoms with Crippen molar-refractivity contribution in [2.45, 2.75) is 25.4 Å². The van der Waals surface area contributed by atoms with E-state index in [1.807, 2.05) is 36.5 Å². The van der Waals surface area contributed by atoms with Crippen LogP contribution in [0.5, 0.6) is 0 Å². The monoisotopic (exact) mass is 377 g/mol. The number of sulfonamides is 1. The fourth-order valence-electron chi connectivity index (χ4n) is 3.10. The number of para-hydroxylation sites is 1. The lowest BCUT2D eigenvalue weighted by Crippen LogP contribution is -2.50. The van der Waals surface area contributed by atoms with Crippen LogP contribution in [0.2, 0.25) is 0 Å².